The van der Waals surface area contributed by atoms with Gasteiger partial charge in [-0.25, -0.2) is 9.78 Å². The fourth-order valence-corrected chi connectivity index (χ4v) is 3.97. The second kappa shape index (κ2) is 10.3. The Morgan fingerprint density at radius 3 is 2.61 bits per heavy atom. The van der Waals surface area contributed by atoms with Crippen molar-refractivity contribution in [2.24, 2.45) is 0 Å². The number of quaternary nitrogens is 1. The van der Waals surface area contributed by atoms with Crippen LogP contribution < -0.4 is 36.7 Å². The summed E-state index contributed by atoms with van der Waals surface area (Å²) in [4.78, 5) is 48.2. The molecule has 10 heteroatoms. The molecule has 0 aromatic carbocycles. The van der Waals surface area contributed by atoms with E-state index in [4.69, 9.17) is 5.73 Å². The predicted molar refractivity (Wildman–Crippen MR) is 119 cm³/mol. The molecular formula is C21H33N7O3+2. The average molecular weight is 432 g/mol. The number of carbonyl (C=O) groups is 1. The smallest absolute Gasteiger partial charge is 0.330 e. The van der Waals surface area contributed by atoms with E-state index in [0.29, 0.717) is 13.1 Å². The minimum atomic E-state index is -0.620. The summed E-state index contributed by atoms with van der Waals surface area (Å²) in [5.74, 6) is 0.948. The SMILES string of the molecule is CCCCn1c(N)c(N(CC)C(=O)C[NH+]2CCN(c3cccc[nH+]3)CC2)c(=O)[nH]c1=O. The molecule has 0 spiro atoms. The lowest BCUT2D eigenvalue weighted by Crippen LogP contribution is -3.16. The third kappa shape index (κ3) is 5.13. The first-order valence-corrected chi connectivity index (χ1v) is 10.9. The second-order valence-electron chi connectivity index (χ2n) is 7.80. The van der Waals surface area contributed by atoms with Crippen molar-refractivity contribution in [3.05, 3.63) is 45.2 Å². The molecule has 1 saturated heterocycles. The number of rotatable bonds is 8. The minimum Gasteiger partial charge on any atom is -0.383 e. The van der Waals surface area contributed by atoms with E-state index < -0.39 is 11.2 Å². The van der Waals surface area contributed by atoms with Crippen molar-refractivity contribution in [3.63, 3.8) is 0 Å². The number of hydrogen-bond acceptors (Lipinski definition) is 5. The molecule has 1 aliphatic heterocycles. The van der Waals surface area contributed by atoms with Crippen LogP contribution in [0.4, 0.5) is 17.3 Å². The van der Waals surface area contributed by atoms with Gasteiger partial charge in [-0.2, -0.15) is 0 Å². The zero-order valence-electron chi connectivity index (χ0n) is 18.3. The molecule has 0 bridgehead atoms. The number of nitrogens with zero attached hydrogens (tertiary/aromatic N) is 3. The summed E-state index contributed by atoms with van der Waals surface area (Å²) in [5, 5.41) is 0. The number of H-pyrrole nitrogens is 2. The summed E-state index contributed by atoms with van der Waals surface area (Å²) < 4.78 is 1.35. The van der Waals surface area contributed by atoms with Crippen LogP contribution in [0.5, 0.6) is 0 Å². The number of nitrogens with one attached hydrogen (secondary N) is 3. The summed E-state index contributed by atoms with van der Waals surface area (Å²) in [5.41, 5.74) is 5.10. The first kappa shape index (κ1) is 22.5. The maximum atomic E-state index is 13.1. The Kier molecular flexibility index (Phi) is 7.45. The summed E-state index contributed by atoms with van der Waals surface area (Å²) in [6.07, 6.45) is 3.54. The second-order valence-corrected chi connectivity index (χ2v) is 7.80. The highest BCUT2D eigenvalue weighted by atomic mass is 16.2. The molecule has 2 aromatic heterocycles. The number of amides is 1. The van der Waals surface area contributed by atoms with Crippen LogP contribution in [-0.4, -0.2) is 54.7 Å². The van der Waals surface area contributed by atoms with Gasteiger partial charge in [0.15, 0.2) is 12.2 Å². The molecule has 2 aromatic rings. The highest BCUT2D eigenvalue weighted by Crippen LogP contribution is 2.17. The average Bonchev–Trinajstić information content (AvgIpc) is 2.77. The number of aromatic nitrogens is 3. The number of anilines is 3. The molecule has 1 aliphatic rings. The lowest BCUT2D eigenvalue weighted by atomic mass is 10.2. The fourth-order valence-electron chi connectivity index (χ4n) is 3.97. The summed E-state index contributed by atoms with van der Waals surface area (Å²) in [6.45, 7) is 8.08. The third-order valence-corrected chi connectivity index (χ3v) is 5.74. The number of piperazine rings is 1. The Labute approximate surface area is 181 Å². The van der Waals surface area contributed by atoms with Crippen LogP contribution in [0.1, 0.15) is 26.7 Å². The maximum Gasteiger partial charge on any atom is 0.330 e. The highest BCUT2D eigenvalue weighted by Gasteiger charge is 2.30. The summed E-state index contributed by atoms with van der Waals surface area (Å²) in [7, 11) is 0. The van der Waals surface area contributed by atoms with Gasteiger partial charge >= 0.3 is 5.69 Å². The minimum absolute atomic E-state index is 0.0526. The molecule has 1 fully saturated rings. The molecule has 168 valence electrons. The largest absolute Gasteiger partial charge is 0.383 e. The van der Waals surface area contributed by atoms with Crippen molar-refractivity contribution < 1.29 is 14.7 Å². The van der Waals surface area contributed by atoms with Gasteiger partial charge in [0.25, 0.3) is 17.3 Å². The number of unbranched alkanes of at least 4 members (excludes halogenated alkanes) is 1. The maximum absolute atomic E-state index is 13.1. The van der Waals surface area contributed by atoms with Gasteiger partial charge in [0, 0.05) is 19.2 Å². The number of aromatic amines is 2. The van der Waals surface area contributed by atoms with Crippen molar-refractivity contribution in [1.82, 2.24) is 9.55 Å². The molecule has 0 atom stereocenters. The highest BCUT2D eigenvalue weighted by molar-refractivity contribution is 5.96. The number of likely N-dealkylation sites (N-methyl/N-ethyl adjacent to an activating group) is 1. The van der Waals surface area contributed by atoms with Crippen LogP contribution in [0.25, 0.3) is 0 Å². The van der Waals surface area contributed by atoms with Crippen LogP contribution in [0.15, 0.2) is 34.0 Å². The van der Waals surface area contributed by atoms with Crippen LogP contribution >= 0.6 is 0 Å². The Morgan fingerprint density at radius 2 is 2.00 bits per heavy atom. The van der Waals surface area contributed by atoms with Crippen LogP contribution in [0.2, 0.25) is 0 Å². The van der Waals surface area contributed by atoms with E-state index >= 15 is 0 Å². The summed E-state index contributed by atoms with van der Waals surface area (Å²) in [6, 6.07) is 5.98. The number of carbonyl (C=O) groups excluding carboxylic acids is 1. The quantitative estimate of drug-likeness (QED) is 0.469. The van der Waals surface area contributed by atoms with Crippen molar-refractivity contribution in [1.29, 1.82) is 0 Å². The number of nitrogen functional groups attached to an aromatic ring is 1. The molecule has 1 amide bonds. The molecule has 0 radical (unpaired) electrons. The molecule has 31 heavy (non-hydrogen) atoms. The number of nitrogens with two attached hydrogens (primary N) is 1. The van der Waals surface area contributed by atoms with Gasteiger partial charge in [-0.3, -0.25) is 28.9 Å². The predicted octanol–water partition coefficient (Wildman–Crippen LogP) is -1.51. The fraction of sp³-hybridized carbons (Fsp3) is 0.524. The number of pyridine rings is 1. The topological polar surface area (TPSA) is 123 Å². The van der Waals surface area contributed by atoms with E-state index in [-0.39, 0.29) is 24.0 Å². The first-order chi connectivity index (χ1) is 15.0. The Morgan fingerprint density at radius 1 is 1.26 bits per heavy atom. The molecule has 3 rings (SSSR count). The number of hydrogen-bond donors (Lipinski definition) is 3. The van der Waals surface area contributed by atoms with Crippen molar-refractivity contribution in [2.75, 3.05) is 54.8 Å². The molecule has 5 N–H and O–H groups in total. The Hall–Kier alpha value is -3.14. The van der Waals surface area contributed by atoms with Gasteiger partial charge in [0.2, 0.25) is 0 Å². The van der Waals surface area contributed by atoms with E-state index in [1.807, 2.05) is 31.3 Å². The molecular weight excluding hydrogens is 398 g/mol. The normalized spacial score (nSPS) is 14.6. The zero-order chi connectivity index (χ0) is 22.4. The third-order valence-electron chi connectivity index (χ3n) is 5.74. The van der Waals surface area contributed by atoms with Crippen LogP contribution in [-0.2, 0) is 11.3 Å². The van der Waals surface area contributed by atoms with E-state index in [2.05, 4.69) is 14.9 Å². The van der Waals surface area contributed by atoms with E-state index in [1.165, 1.54) is 9.47 Å². The molecule has 0 saturated carbocycles. The van der Waals surface area contributed by atoms with Gasteiger partial charge < -0.3 is 10.6 Å². The van der Waals surface area contributed by atoms with Crippen molar-refractivity contribution in [2.45, 2.75) is 33.2 Å². The van der Waals surface area contributed by atoms with Gasteiger partial charge in [0.1, 0.15) is 32.0 Å². The van der Waals surface area contributed by atoms with E-state index in [1.54, 1.807) is 6.92 Å². The van der Waals surface area contributed by atoms with Crippen molar-refractivity contribution in [3.8, 4) is 0 Å². The molecule has 10 nitrogen and oxygen atoms in total. The first-order valence-electron chi connectivity index (χ1n) is 10.9. The monoisotopic (exact) mass is 431 g/mol. The summed E-state index contributed by atoms with van der Waals surface area (Å²) >= 11 is 0. The van der Waals surface area contributed by atoms with Gasteiger partial charge in [0.05, 0.1) is 6.20 Å². The Bertz CT molecular complexity index is 994. The lowest BCUT2D eigenvalue weighted by Gasteiger charge is -2.30. The van der Waals surface area contributed by atoms with E-state index in [9.17, 15) is 14.4 Å². The Balaban J connectivity index is 1.71. The van der Waals surface area contributed by atoms with Crippen LogP contribution in [0.3, 0.4) is 0 Å². The standard InChI is InChI=1S/C21H31N7O3/c1-3-5-10-28-19(22)18(20(30)24-21(28)31)27(4-2)17(29)15-25-11-13-26(14-12-25)16-8-6-7-9-23-16/h6-9H,3-5,10-15,22H2,1-2H3,(H,24,30,31)/p+2. The van der Waals surface area contributed by atoms with E-state index in [0.717, 1.165) is 49.7 Å². The molecule has 0 aliphatic carbocycles. The van der Waals surface area contributed by atoms with Gasteiger partial charge in [-0.1, -0.05) is 19.4 Å². The molecule has 3 heterocycles. The van der Waals surface area contributed by atoms with Gasteiger partial charge in [-0.15, -0.1) is 0 Å². The zero-order valence-corrected chi connectivity index (χ0v) is 18.3. The van der Waals surface area contributed by atoms with Crippen LogP contribution in [0, 0.1) is 0 Å². The van der Waals surface area contributed by atoms with Gasteiger partial charge in [-0.05, 0) is 19.4 Å². The molecule has 0 unspecified atom stereocenters. The van der Waals surface area contributed by atoms with Crippen molar-refractivity contribution >= 4 is 23.2 Å². The lowest BCUT2D eigenvalue weighted by molar-refractivity contribution is -0.892.